The van der Waals surface area contributed by atoms with E-state index in [1.165, 1.54) is 17.5 Å². The van der Waals surface area contributed by atoms with Crippen LogP contribution in [0.1, 0.15) is 11.1 Å². The van der Waals surface area contributed by atoms with E-state index < -0.39 is 0 Å². The van der Waals surface area contributed by atoms with E-state index in [1.807, 2.05) is 0 Å². The Morgan fingerprint density at radius 3 is 2.77 bits per heavy atom. The predicted molar refractivity (Wildman–Crippen MR) is 61.2 cm³/mol. The molecule has 1 unspecified atom stereocenters. The van der Waals surface area contributed by atoms with Gasteiger partial charge in [0.15, 0.2) is 0 Å². The molecule has 1 aromatic rings. The number of fused-ring (bicyclic) bond motifs is 1. The Bertz CT molecular complexity index is 333. The highest BCUT2D eigenvalue weighted by Gasteiger charge is 2.11. The third-order valence-corrected chi connectivity index (χ3v) is 4.29. The van der Waals surface area contributed by atoms with Gasteiger partial charge in [0.1, 0.15) is 0 Å². The summed E-state index contributed by atoms with van der Waals surface area (Å²) in [4.78, 5) is 0. The van der Waals surface area contributed by atoms with Crippen LogP contribution in [0.2, 0.25) is 0 Å². The van der Waals surface area contributed by atoms with Crippen molar-refractivity contribution >= 4 is 16.5 Å². The standard InChI is InChI=1S/C11H15NS/c1-12-8-7-10-5-3-4-6-11(10)9-13(12)2/h3-6H,2,7-9H2,1H3. The highest BCUT2D eigenvalue weighted by molar-refractivity contribution is 8.11. The van der Waals surface area contributed by atoms with E-state index in [4.69, 9.17) is 0 Å². The molecule has 2 heteroatoms. The highest BCUT2D eigenvalue weighted by atomic mass is 32.2. The molecule has 0 aliphatic carbocycles. The van der Waals surface area contributed by atoms with E-state index in [-0.39, 0.29) is 10.7 Å². The number of likely N-dealkylation sites (N-methyl/N-ethyl adjacent to an activating group) is 1. The van der Waals surface area contributed by atoms with Crippen LogP contribution in [0, 0.1) is 0 Å². The lowest BCUT2D eigenvalue weighted by molar-refractivity contribution is 0.572. The second-order valence-electron chi connectivity index (χ2n) is 3.48. The molecule has 2 rings (SSSR count). The van der Waals surface area contributed by atoms with Crippen LogP contribution in [-0.2, 0) is 12.2 Å². The molecule has 0 aromatic heterocycles. The van der Waals surface area contributed by atoms with E-state index in [2.05, 4.69) is 41.5 Å². The summed E-state index contributed by atoms with van der Waals surface area (Å²) in [5.41, 5.74) is 3.00. The summed E-state index contributed by atoms with van der Waals surface area (Å²) in [6.07, 6.45) is 1.17. The molecule has 1 aliphatic rings. The number of benzene rings is 1. The molecule has 0 bridgehead atoms. The van der Waals surface area contributed by atoms with Gasteiger partial charge in [-0.1, -0.05) is 30.1 Å². The Labute approximate surface area is 82.4 Å². The summed E-state index contributed by atoms with van der Waals surface area (Å²) in [6, 6.07) is 8.73. The molecule has 1 nitrogen and oxygen atoms in total. The lowest BCUT2D eigenvalue weighted by Crippen LogP contribution is -2.12. The van der Waals surface area contributed by atoms with Crippen LogP contribution in [0.25, 0.3) is 0 Å². The first kappa shape index (κ1) is 8.97. The van der Waals surface area contributed by atoms with Gasteiger partial charge >= 0.3 is 0 Å². The molecule has 70 valence electrons. The summed E-state index contributed by atoms with van der Waals surface area (Å²) in [5, 5.41) is 0. The van der Waals surface area contributed by atoms with Crippen molar-refractivity contribution in [1.29, 1.82) is 0 Å². The summed E-state index contributed by atoms with van der Waals surface area (Å²) < 4.78 is 2.36. The van der Waals surface area contributed by atoms with Gasteiger partial charge < -0.3 is 0 Å². The Morgan fingerprint density at radius 1 is 1.31 bits per heavy atom. The summed E-state index contributed by atoms with van der Waals surface area (Å²) >= 11 is 0. The van der Waals surface area contributed by atoms with Crippen LogP contribution in [0.3, 0.4) is 0 Å². The number of nitrogens with zero attached hydrogens (tertiary/aromatic N) is 1. The van der Waals surface area contributed by atoms with E-state index in [0.717, 1.165) is 12.3 Å². The van der Waals surface area contributed by atoms with Gasteiger partial charge in [-0.15, -0.1) is 10.7 Å². The molecule has 13 heavy (non-hydrogen) atoms. The molecule has 0 N–H and O–H groups in total. The normalized spacial score (nSPS) is 23.6. The monoisotopic (exact) mass is 193 g/mol. The first-order chi connectivity index (χ1) is 6.27. The quantitative estimate of drug-likeness (QED) is 0.571. The van der Waals surface area contributed by atoms with Gasteiger partial charge in [-0.05, 0) is 24.6 Å². The van der Waals surface area contributed by atoms with Crippen molar-refractivity contribution in [1.82, 2.24) is 4.31 Å². The smallest absolute Gasteiger partial charge is 0.0266 e. The lowest BCUT2D eigenvalue weighted by atomic mass is 10.1. The van der Waals surface area contributed by atoms with Crippen LogP contribution in [-0.4, -0.2) is 23.8 Å². The fourth-order valence-corrected chi connectivity index (χ4v) is 2.85. The molecule has 1 heterocycles. The number of hydrogen-bond donors (Lipinski definition) is 0. The van der Waals surface area contributed by atoms with Gasteiger partial charge in [-0.25, -0.2) is 0 Å². The van der Waals surface area contributed by atoms with Crippen LogP contribution < -0.4 is 0 Å². The Balaban J connectivity index is 2.35. The molecule has 1 aromatic carbocycles. The maximum Gasteiger partial charge on any atom is 0.0266 e. The van der Waals surface area contributed by atoms with Crippen molar-refractivity contribution in [3.05, 3.63) is 35.4 Å². The summed E-state index contributed by atoms with van der Waals surface area (Å²) in [5.74, 6) is 5.31. The zero-order valence-electron chi connectivity index (χ0n) is 7.99. The van der Waals surface area contributed by atoms with Crippen molar-refractivity contribution in [2.24, 2.45) is 0 Å². The zero-order valence-corrected chi connectivity index (χ0v) is 8.81. The minimum absolute atomic E-state index is 0.170. The largest absolute Gasteiger partial charge is 0.259 e. The van der Waals surface area contributed by atoms with E-state index in [0.29, 0.717) is 0 Å². The van der Waals surface area contributed by atoms with Gasteiger partial charge in [0, 0.05) is 12.3 Å². The SMILES string of the molecule is C=S1Cc2ccccc2CCN1C. The molecule has 0 saturated carbocycles. The fraction of sp³-hybridized carbons (Fsp3) is 0.364. The molecule has 1 atom stereocenters. The third kappa shape index (κ3) is 1.84. The van der Waals surface area contributed by atoms with E-state index in [9.17, 15) is 0 Å². The molecule has 0 fully saturated rings. The van der Waals surface area contributed by atoms with Crippen LogP contribution in [0.4, 0.5) is 0 Å². The minimum Gasteiger partial charge on any atom is -0.259 e. The van der Waals surface area contributed by atoms with Gasteiger partial charge in [0.2, 0.25) is 0 Å². The predicted octanol–water partition coefficient (Wildman–Crippen LogP) is 2.29. The third-order valence-electron chi connectivity index (χ3n) is 2.58. The second kappa shape index (κ2) is 3.64. The van der Waals surface area contributed by atoms with Crippen molar-refractivity contribution < 1.29 is 0 Å². The molecule has 1 aliphatic heterocycles. The molecule has 0 spiro atoms. The number of hydrogen-bond acceptors (Lipinski definition) is 1. The van der Waals surface area contributed by atoms with Crippen LogP contribution in [0.5, 0.6) is 0 Å². The average Bonchev–Trinajstić information content (AvgIpc) is 2.28. The first-order valence-electron chi connectivity index (χ1n) is 4.56. The molecule has 0 radical (unpaired) electrons. The van der Waals surface area contributed by atoms with E-state index >= 15 is 0 Å². The molecule has 0 saturated heterocycles. The van der Waals surface area contributed by atoms with Gasteiger partial charge in [0.05, 0.1) is 0 Å². The van der Waals surface area contributed by atoms with Crippen molar-refractivity contribution in [2.75, 3.05) is 13.6 Å². The van der Waals surface area contributed by atoms with Crippen molar-refractivity contribution in [2.45, 2.75) is 12.2 Å². The topological polar surface area (TPSA) is 3.24 Å². The van der Waals surface area contributed by atoms with Gasteiger partial charge in [-0.3, -0.25) is 4.31 Å². The van der Waals surface area contributed by atoms with Gasteiger partial charge in [0.25, 0.3) is 0 Å². The lowest BCUT2D eigenvalue weighted by Gasteiger charge is -2.16. The van der Waals surface area contributed by atoms with E-state index in [1.54, 1.807) is 0 Å². The Morgan fingerprint density at radius 2 is 2.00 bits per heavy atom. The number of rotatable bonds is 0. The average molecular weight is 193 g/mol. The first-order valence-corrected chi connectivity index (χ1v) is 6.08. The van der Waals surface area contributed by atoms with Gasteiger partial charge in [-0.2, -0.15) is 0 Å². The molecular weight excluding hydrogens is 178 g/mol. The fourth-order valence-electron chi connectivity index (χ4n) is 1.64. The highest BCUT2D eigenvalue weighted by Crippen LogP contribution is 2.27. The Hall–Kier alpha value is -0.600. The van der Waals surface area contributed by atoms with Crippen LogP contribution in [0.15, 0.2) is 24.3 Å². The van der Waals surface area contributed by atoms with Crippen LogP contribution >= 0.6 is 10.7 Å². The summed E-state index contributed by atoms with van der Waals surface area (Å²) in [6.45, 7) is 1.14. The summed E-state index contributed by atoms with van der Waals surface area (Å²) in [7, 11) is 2.34. The molecular formula is C11H15NS. The maximum absolute atomic E-state index is 4.19. The zero-order chi connectivity index (χ0) is 9.26. The van der Waals surface area contributed by atoms with Crippen molar-refractivity contribution in [3.8, 4) is 0 Å². The maximum atomic E-state index is 4.19. The second-order valence-corrected chi connectivity index (χ2v) is 5.31. The minimum atomic E-state index is 0.170. The Kier molecular flexibility index (Phi) is 2.51. The van der Waals surface area contributed by atoms with Crippen molar-refractivity contribution in [3.63, 3.8) is 0 Å². The molecule has 0 amide bonds.